The largest absolute Gasteiger partial charge is 1.00 e. The average molecular weight is 418 g/mol. The number of anilines is 2. The van der Waals surface area contributed by atoms with Gasteiger partial charge in [-0.25, -0.2) is 9.78 Å². The molecule has 144 valence electrons. The Balaban J connectivity index is 0.00000240. The van der Waals surface area contributed by atoms with E-state index in [1.165, 1.54) is 23.3 Å². The summed E-state index contributed by atoms with van der Waals surface area (Å²) in [7, 11) is 1.30. The van der Waals surface area contributed by atoms with Gasteiger partial charge in [0.2, 0.25) is 0 Å². The van der Waals surface area contributed by atoms with Crippen molar-refractivity contribution < 1.29 is 43.9 Å². The van der Waals surface area contributed by atoms with Crippen LogP contribution in [0.1, 0.15) is 34.8 Å². The summed E-state index contributed by atoms with van der Waals surface area (Å²) in [5, 5.41) is 4.87. The zero-order valence-electron chi connectivity index (χ0n) is 17.0. The summed E-state index contributed by atoms with van der Waals surface area (Å²) in [6.07, 6.45) is 4.21. The van der Waals surface area contributed by atoms with Crippen LogP contribution < -0.4 is 34.5 Å². The molecule has 1 aliphatic heterocycles. The second-order valence-corrected chi connectivity index (χ2v) is 8.07. The summed E-state index contributed by atoms with van der Waals surface area (Å²) in [5.74, 6) is -0.0286. The minimum Gasteiger partial charge on any atom is -0.465 e. The number of hydrogen-bond acceptors (Lipinski definition) is 6. The van der Waals surface area contributed by atoms with Crippen LogP contribution in [0.5, 0.6) is 0 Å². The normalized spacial score (nSPS) is 12.7. The molecule has 0 N–H and O–H groups in total. The summed E-state index contributed by atoms with van der Waals surface area (Å²) >= 11 is 1.17. The Labute approximate surface area is 194 Å². The van der Waals surface area contributed by atoms with Gasteiger partial charge in [-0.2, -0.15) is 0 Å². The SMILES string of the molecule is COC(=O)c1sc2nccc3c2c1[N-]C(=O)N3c1cnc(CC(C)C)cc1C.[Na+]. The fourth-order valence-corrected chi connectivity index (χ4v) is 4.39. The van der Waals surface area contributed by atoms with Gasteiger partial charge in [0.05, 0.1) is 7.11 Å². The predicted octanol–water partition coefficient (Wildman–Crippen LogP) is 2.27. The van der Waals surface area contributed by atoms with Crippen molar-refractivity contribution in [3.05, 3.63) is 46.0 Å². The number of ether oxygens (including phenoxy) is 1. The van der Waals surface area contributed by atoms with Gasteiger partial charge in [-0.3, -0.25) is 9.78 Å². The fourth-order valence-electron chi connectivity index (χ4n) is 3.37. The van der Waals surface area contributed by atoms with Crippen LogP contribution >= 0.6 is 11.3 Å². The molecule has 0 atom stereocenters. The number of urea groups is 1. The fraction of sp³-hybridized carbons (Fsp3) is 0.300. The number of esters is 1. The molecule has 7 nitrogen and oxygen atoms in total. The zero-order valence-corrected chi connectivity index (χ0v) is 19.8. The molecule has 0 fully saturated rings. The molecule has 3 aromatic heterocycles. The third-order valence-corrected chi connectivity index (χ3v) is 5.62. The third-order valence-electron chi connectivity index (χ3n) is 4.55. The number of aryl methyl sites for hydroxylation is 1. The molecule has 4 rings (SSSR count). The number of aromatic nitrogens is 2. The van der Waals surface area contributed by atoms with E-state index in [-0.39, 0.29) is 34.4 Å². The number of amides is 2. The van der Waals surface area contributed by atoms with Crippen molar-refractivity contribution in [2.24, 2.45) is 5.92 Å². The molecule has 4 heterocycles. The Bertz CT molecular complexity index is 1110. The van der Waals surface area contributed by atoms with Gasteiger partial charge in [-0.15, -0.1) is 11.3 Å². The minimum absolute atomic E-state index is 0. The maximum Gasteiger partial charge on any atom is 1.00 e. The monoisotopic (exact) mass is 418 g/mol. The number of carbonyl (C=O) groups is 2. The molecular formula is C20H19N4NaO3S. The van der Waals surface area contributed by atoms with E-state index in [0.717, 1.165) is 17.7 Å². The van der Waals surface area contributed by atoms with Crippen LogP contribution in [0.4, 0.5) is 21.9 Å². The van der Waals surface area contributed by atoms with E-state index < -0.39 is 12.0 Å². The summed E-state index contributed by atoms with van der Waals surface area (Å²) in [5.41, 5.74) is 3.57. The van der Waals surface area contributed by atoms with Gasteiger partial charge in [-0.05, 0) is 54.0 Å². The van der Waals surface area contributed by atoms with E-state index in [1.54, 1.807) is 18.5 Å². The first kappa shape index (κ1) is 21.7. The average Bonchev–Trinajstić information content (AvgIpc) is 3.02. The number of thiophene rings is 1. The topological polar surface area (TPSA) is 86.5 Å². The molecule has 1 aliphatic rings. The van der Waals surface area contributed by atoms with Crippen LogP contribution in [0.2, 0.25) is 0 Å². The van der Waals surface area contributed by atoms with Gasteiger partial charge < -0.3 is 15.0 Å². The summed E-state index contributed by atoms with van der Waals surface area (Å²) < 4.78 is 4.83. The second kappa shape index (κ2) is 8.39. The van der Waals surface area contributed by atoms with Crippen molar-refractivity contribution >= 4 is 50.6 Å². The van der Waals surface area contributed by atoms with E-state index in [2.05, 4.69) is 29.1 Å². The molecule has 9 heteroatoms. The molecule has 2 amide bonds. The first-order chi connectivity index (χ1) is 13.4. The molecule has 0 radical (unpaired) electrons. The first-order valence-corrected chi connectivity index (χ1v) is 9.73. The summed E-state index contributed by atoms with van der Waals surface area (Å²) in [4.78, 5) is 36.4. The quantitative estimate of drug-likeness (QED) is 0.479. The molecule has 0 spiro atoms. The van der Waals surface area contributed by atoms with Crippen LogP contribution in [0.15, 0.2) is 24.5 Å². The summed E-state index contributed by atoms with van der Waals surface area (Å²) in [6, 6.07) is 3.29. The van der Waals surface area contributed by atoms with Crippen LogP contribution in [0.3, 0.4) is 0 Å². The Morgan fingerprint density at radius 2 is 2.07 bits per heavy atom. The zero-order chi connectivity index (χ0) is 20.0. The van der Waals surface area contributed by atoms with Crippen molar-refractivity contribution in [1.82, 2.24) is 9.97 Å². The van der Waals surface area contributed by atoms with Crippen molar-refractivity contribution in [3.8, 4) is 0 Å². The van der Waals surface area contributed by atoms with Gasteiger partial charge >= 0.3 is 35.5 Å². The number of carbonyl (C=O) groups excluding carboxylic acids is 2. The number of pyridine rings is 2. The third kappa shape index (κ3) is 3.77. The minimum atomic E-state index is -0.523. The van der Waals surface area contributed by atoms with Crippen LogP contribution in [-0.2, 0) is 11.2 Å². The molecule has 0 saturated heterocycles. The number of methoxy groups -OCH3 is 1. The van der Waals surface area contributed by atoms with Crippen LogP contribution in [0.25, 0.3) is 15.5 Å². The summed E-state index contributed by atoms with van der Waals surface area (Å²) in [6.45, 7) is 6.24. The Morgan fingerprint density at radius 3 is 2.72 bits per heavy atom. The molecule has 0 aromatic carbocycles. The number of hydrogen-bond donors (Lipinski definition) is 0. The van der Waals surface area contributed by atoms with E-state index in [4.69, 9.17) is 4.74 Å². The second-order valence-electron chi connectivity index (χ2n) is 7.07. The molecule has 0 unspecified atom stereocenters. The molecule has 3 aromatic rings. The maximum atomic E-state index is 12.9. The Hall–Kier alpha value is -2.00. The van der Waals surface area contributed by atoms with Crippen LogP contribution in [0, 0.1) is 12.8 Å². The van der Waals surface area contributed by atoms with Crippen molar-refractivity contribution in [2.45, 2.75) is 27.2 Å². The van der Waals surface area contributed by atoms with Gasteiger partial charge in [0.15, 0.2) is 6.03 Å². The molecule has 0 saturated carbocycles. The Morgan fingerprint density at radius 1 is 1.31 bits per heavy atom. The van der Waals surface area contributed by atoms with Gasteiger partial charge in [0.25, 0.3) is 0 Å². The van der Waals surface area contributed by atoms with Crippen LogP contribution in [-0.4, -0.2) is 29.1 Å². The van der Waals surface area contributed by atoms with Crippen molar-refractivity contribution in [3.63, 3.8) is 0 Å². The van der Waals surface area contributed by atoms with E-state index >= 15 is 0 Å². The standard InChI is InChI=1S/C20H20N4O3S.Na/c1-10(2)7-12-8-11(3)14(9-22-12)24-13-5-6-21-18-15(13)16(23-20(24)26)17(28-18)19(25)27-4;/h5-6,8-10H,7H2,1-4H3,(H,23,25,26);/q;+1/p-1. The van der Waals surface area contributed by atoms with E-state index in [9.17, 15) is 9.59 Å². The van der Waals surface area contributed by atoms with Gasteiger partial charge in [0.1, 0.15) is 9.71 Å². The van der Waals surface area contributed by atoms with Gasteiger partial charge in [-0.1, -0.05) is 13.8 Å². The molecular weight excluding hydrogens is 399 g/mol. The number of nitrogens with zero attached hydrogens (tertiary/aromatic N) is 4. The van der Waals surface area contributed by atoms with Crippen molar-refractivity contribution in [1.29, 1.82) is 0 Å². The van der Waals surface area contributed by atoms with E-state index in [1.807, 2.05) is 13.0 Å². The predicted molar refractivity (Wildman–Crippen MR) is 109 cm³/mol. The van der Waals surface area contributed by atoms with Gasteiger partial charge in [0, 0.05) is 23.5 Å². The molecule has 29 heavy (non-hydrogen) atoms. The smallest absolute Gasteiger partial charge is 0.465 e. The van der Waals surface area contributed by atoms with E-state index in [0.29, 0.717) is 33.2 Å². The Kier molecular flexibility index (Phi) is 6.28. The molecule has 0 bridgehead atoms. The number of rotatable bonds is 4. The molecule has 0 aliphatic carbocycles. The van der Waals surface area contributed by atoms with Crippen molar-refractivity contribution in [2.75, 3.05) is 12.0 Å². The maximum absolute atomic E-state index is 12.9. The first-order valence-electron chi connectivity index (χ1n) is 8.92.